The Bertz CT molecular complexity index is 636. The number of thiophene rings is 1. The van der Waals surface area contributed by atoms with Gasteiger partial charge in [0, 0.05) is 22.7 Å². The monoisotopic (exact) mass is 242 g/mol. The summed E-state index contributed by atoms with van der Waals surface area (Å²) in [6.45, 7) is 0. The van der Waals surface area contributed by atoms with Crippen LogP contribution in [0, 0.1) is 0 Å². The van der Waals surface area contributed by atoms with E-state index in [2.05, 4.69) is 9.97 Å². The van der Waals surface area contributed by atoms with Crippen LogP contribution in [-0.4, -0.2) is 15.1 Å². The van der Waals surface area contributed by atoms with Crippen LogP contribution < -0.4 is 0 Å². The molecule has 3 nitrogen and oxygen atoms in total. The van der Waals surface area contributed by atoms with E-state index in [-0.39, 0.29) is 0 Å². The van der Waals surface area contributed by atoms with Crippen molar-refractivity contribution >= 4 is 21.4 Å². The SMILES string of the molecule is OC(c1cnccn1)c1csc2ccccc12. The zero-order chi connectivity index (χ0) is 11.7. The molecule has 1 atom stereocenters. The molecule has 0 fully saturated rings. The van der Waals surface area contributed by atoms with Gasteiger partial charge in [0.25, 0.3) is 0 Å². The number of hydrogen-bond acceptors (Lipinski definition) is 4. The number of fused-ring (bicyclic) bond motifs is 1. The lowest BCUT2D eigenvalue weighted by atomic mass is 10.1. The van der Waals surface area contributed by atoms with Gasteiger partial charge in [0.1, 0.15) is 6.10 Å². The van der Waals surface area contributed by atoms with Crippen molar-refractivity contribution in [2.75, 3.05) is 0 Å². The predicted molar refractivity (Wildman–Crippen MR) is 67.9 cm³/mol. The Balaban J connectivity index is 2.10. The third-order valence-corrected chi connectivity index (χ3v) is 3.65. The lowest BCUT2D eigenvalue weighted by Gasteiger charge is -2.08. The molecule has 1 unspecified atom stereocenters. The maximum Gasteiger partial charge on any atom is 0.124 e. The first kappa shape index (κ1) is 10.4. The molecule has 2 aromatic heterocycles. The van der Waals surface area contributed by atoms with Gasteiger partial charge in [-0.3, -0.25) is 9.97 Å². The maximum absolute atomic E-state index is 10.3. The minimum absolute atomic E-state index is 0.580. The van der Waals surface area contributed by atoms with Gasteiger partial charge in [0.2, 0.25) is 0 Å². The number of hydrogen-bond donors (Lipinski definition) is 1. The average Bonchev–Trinajstić information content (AvgIpc) is 2.83. The van der Waals surface area contributed by atoms with Gasteiger partial charge < -0.3 is 5.11 Å². The highest BCUT2D eigenvalue weighted by Crippen LogP contribution is 2.32. The molecule has 0 spiro atoms. The molecular formula is C13H10N2OS. The molecule has 3 rings (SSSR count). The second-order valence-electron chi connectivity index (χ2n) is 3.72. The Hall–Kier alpha value is -1.78. The first-order valence-corrected chi connectivity index (χ1v) is 6.14. The highest BCUT2D eigenvalue weighted by molar-refractivity contribution is 7.17. The van der Waals surface area contributed by atoms with Crippen molar-refractivity contribution in [1.29, 1.82) is 0 Å². The van der Waals surface area contributed by atoms with Gasteiger partial charge in [-0.05, 0) is 16.8 Å². The fourth-order valence-electron chi connectivity index (χ4n) is 1.82. The molecule has 0 aliphatic heterocycles. The van der Waals surface area contributed by atoms with Gasteiger partial charge in [-0.25, -0.2) is 0 Å². The second kappa shape index (κ2) is 4.24. The van der Waals surface area contributed by atoms with Crippen molar-refractivity contribution in [2.24, 2.45) is 0 Å². The highest BCUT2D eigenvalue weighted by Gasteiger charge is 2.15. The average molecular weight is 242 g/mol. The fourth-order valence-corrected chi connectivity index (χ4v) is 2.80. The van der Waals surface area contributed by atoms with Gasteiger partial charge in [0.15, 0.2) is 0 Å². The Kier molecular flexibility index (Phi) is 2.59. The van der Waals surface area contributed by atoms with Gasteiger partial charge >= 0.3 is 0 Å². The standard InChI is InChI=1S/C13H10N2OS/c16-13(11-7-14-5-6-15-11)10-8-17-12-4-2-1-3-9(10)12/h1-8,13,16H. The number of aliphatic hydroxyl groups is 1. The number of rotatable bonds is 2. The molecule has 1 aromatic carbocycles. The van der Waals surface area contributed by atoms with Crippen LogP contribution in [0.1, 0.15) is 17.4 Å². The van der Waals surface area contributed by atoms with Gasteiger partial charge in [-0.1, -0.05) is 18.2 Å². The normalized spacial score (nSPS) is 12.8. The molecule has 0 radical (unpaired) electrons. The zero-order valence-corrected chi connectivity index (χ0v) is 9.76. The highest BCUT2D eigenvalue weighted by atomic mass is 32.1. The van der Waals surface area contributed by atoms with Crippen LogP contribution in [0.3, 0.4) is 0 Å². The number of aliphatic hydroxyl groups excluding tert-OH is 1. The Labute approximate surface area is 102 Å². The summed E-state index contributed by atoms with van der Waals surface area (Å²) in [5, 5.41) is 13.3. The van der Waals surface area contributed by atoms with Crippen molar-refractivity contribution < 1.29 is 5.11 Å². The first-order chi connectivity index (χ1) is 8.36. The lowest BCUT2D eigenvalue weighted by Crippen LogP contribution is -2.01. The van der Waals surface area contributed by atoms with E-state index in [1.54, 1.807) is 29.9 Å². The van der Waals surface area contributed by atoms with E-state index in [9.17, 15) is 5.11 Å². The van der Waals surface area contributed by atoms with E-state index in [0.29, 0.717) is 5.69 Å². The third kappa shape index (κ3) is 1.81. The molecular weight excluding hydrogens is 232 g/mol. The van der Waals surface area contributed by atoms with Crippen molar-refractivity contribution in [3.63, 3.8) is 0 Å². The number of benzene rings is 1. The van der Waals surface area contributed by atoms with Crippen LogP contribution >= 0.6 is 11.3 Å². The topological polar surface area (TPSA) is 46.0 Å². The van der Waals surface area contributed by atoms with E-state index in [0.717, 1.165) is 10.9 Å². The van der Waals surface area contributed by atoms with Crippen LogP contribution in [0.15, 0.2) is 48.2 Å². The van der Waals surface area contributed by atoms with E-state index in [1.807, 2.05) is 29.6 Å². The van der Waals surface area contributed by atoms with Gasteiger partial charge in [-0.2, -0.15) is 0 Å². The minimum Gasteiger partial charge on any atom is -0.382 e. The molecule has 0 aliphatic rings. The molecule has 0 aliphatic carbocycles. The molecule has 84 valence electrons. The molecule has 0 amide bonds. The summed E-state index contributed by atoms with van der Waals surface area (Å²) in [6.07, 6.45) is 4.08. The Morgan fingerprint density at radius 3 is 2.88 bits per heavy atom. The third-order valence-electron chi connectivity index (χ3n) is 2.67. The minimum atomic E-state index is -0.708. The maximum atomic E-state index is 10.3. The van der Waals surface area contributed by atoms with E-state index < -0.39 is 6.10 Å². The molecule has 0 bridgehead atoms. The second-order valence-corrected chi connectivity index (χ2v) is 4.63. The van der Waals surface area contributed by atoms with E-state index in [1.165, 1.54) is 4.70 Å². The largest absolute Gasteiger partial charge is 0.382 e. The van der Waals surface area contributed by atoms with Crippen molar-refractivity contribution in [2.45, 2.75) is 6.10 Å². The van der Waals surface area contributed by atoms with Crippen LogP contribution in [-0.2, 0) is 0 Å². The summed E-state index contributed by atoms with van der Waals surface area (Å²) in [6, 6.07) is 8.03. The van der Waals surface area contributed by atoms with Gasteiger partial charge in [-0.15, -0.1) is 11.3 Å². The summed E-state index contributed by atoms with van der Waals surface area (Å²) in [5.74, 6) is 0. The smallest absolute Gasteiger partial charge is 0.124 e. The zero-order valence-electron chi connectivity index (χ0n) is 8.95. The van der Waals surface area contributed by atoms with Crippen molar-refractivity contribution in [1.82, 2.24) is 9.97 Å². The molecule has 0 saturated carbocycles. The molecule has 17 heavy (non-hydrogen) atoms. The lowest BCUT2D eigenvalue weighted by molar-refractivity contribution is 0.217. The summed E-state index contributed by atoms with van der Waals surface area (Å²) in [5.41, 5.74) is 1.47. The molecule has 4 heteroatoms. The van der Waals surface area contributed by atoms with Crippen LogP contribution in [0.5, 0.6) is 0 Å². The van der Waals surface area contributed by atoms with E-state index >= 15 is 0 Å². The quantitative estimate of drug-likeness (QED) is 0.751. The van der Waals surface area contributed by atoms with Crippen molar-refractivity contribution in [3.05, 3.63) is 59.5 Å². The number of nitrogens with zero attached hydrogens (tertiary/aromatic N) is 2. The summed E-state index contributed by atoms with van der Waals surface area (Å²) in [4.78, 5) is 8.11. The summed E-state index contributed by atoms with van der Waals surface area (Å²) < 4.78 is 1.17. The summed E-state index contributed by atoms with van der Waals surface area (Å²) >= 11 is 1.63. The fraction of sp³-hybridized carbons (Fsp3) is 0.0769. The van der Waals surface area contributed by atoms with Crippen LogP contribution in [0.4, 0.5) is 0 Å². The first-order valence-electron chi connectivity index (χ1n) is 5.26. The Morgan fingerprint density at radius 2 is 2.06 bits per heavy atom. The van der Waals surface area contributed by atoms with Gasteiger partial charge in [0.05, 0.1) is 11.9 Å². The van der Waals surface area contributed by atoms with Crippen LogP contribution in [0.25, 0.3) is 10.1 Å². The molecule has 0 saturated heterocycles. The molecule has 3 aromatic rings. The van der Waals surface area contributed by atoms with Crippen molar-refractivity contribution in [3.8, 4) is 0 Å². The number of aromatic nitrogens is 2. The Morgan fingerprint density at radius 1 is 1.18 bits per heavy atom. The predicted octanol–water partition coefficient (Wildman–Crippen LogP) is 2.77. The van der Waals surface area contributed by atoms with Crippen LogP contribution in [0.2, 0.25) is 0 Å². The van der Waals surface area contributed by atoms with E-state index in [4.69, 9.17) is 0 Å². The molecule has 2 heterocycles. The summed E-state index contributed by atoms with van der Waals surface area (Å²) in [7, 11) is 0. The molecule has 1 N–H and O–H groups in total.